The molecule has 0 aliphatic carbocycles. The van der Waals surface area contributed by atoms with Gasteiger partial charge in [0.2, 0.25) is 0 Å². The topological polar surface area (TPSA) is 76.3 Å². The maximum Gasteiger partial charge on any atom is 0.267 e. The predicted octanol–water partition coefficient (Wildman–Crippen LogP) is 4.96. The number of hydrogen-bond acceptors (Lipinski definition) is 6. The number of hydrogen-bond donors (Lipinski definition) is 0. The Labute approximate surface area is 166 Å². The molecular formula is C20H19BN4O2S. The van der Waals surface area contributed by atoms with Crippen LogP contribution in [0.5, 0.6) is 5.75 Å². The van der Waals surface area contributed by atoms with E-state index in [9.17, 15) is 0 Å². The summed E-state index contributed by atoms with van der Waals surface area (Å²) < 4.78 is 13.3. The first-order chi connectivity index (χ1) is 13.6. The fraction of sp³-hybridized carbons (Fsp3) is 0.350. The molecule has 1 aliphatic heterocycles. The molecular weight excluding hydrogens is 371 g/mol. The summed E-state index contributed by atoms with van der Waals surface area (Å²) in [4.78, 5) is 11.4. The lowest BCUT2D eigenvalue weighted by molar-refractivity contribution is 0.419. The molecule has 0 atom stereocenters. The number of oxazole rings is 1. The molecule has 1 saturated heterocycles. The van der Waals surface area contributed by atoms with Gasteiger partial charge in [0.05, 0.1) is 17.7 Å². The number of fused-ring (bicyclic) bond motifs is 2. The summed E-state index contributed by atoms with van der Waals surface area (Å²) in [7, 11) is 1.65. The minimum atomic E-state index is 0.219. The zero-order valence-corrected chi connectivity index (χ0v) is 16.6. The fourth-order valence-corrected chi connectivity index (χ4v) is 5.03. The third-order valence-electron chi connectivity index (χ3n) is 5.57. The van der Waals surface area contributed by atoms with Crippen molar-refractivity contribution in [2.45, 2.75) is 38.3 Å². The van der Waals surface area contributed by atoms with E-state index in [-0.39, 0.29) is 6.71 Å². The summed E-state index contributed by atoms with van der Waals surface area (Å²) in [6.45, 7) is 2.06. The number of aryl methyl sites for hydroxylation is 1. The van der Waals surface area contributed by atoms with Gasteiger partial charge in [0.1, 0.15) is 5.75 Å². The lowest BCUT2D eigenvalue weighted by Crippen LogP contribution is -2.18. The van der Waals surface area contributed by atoms with Crippen molar-refractivity contribution >= 4 is 34.1 Å². The molecule has 0 bridgehead atoms. The Morgan fingerprint density at radius 1 is 1.29 bits per heavy atom. The molecule has 0 saturated carbocycles. The van der Waals surface area contributed by atoms with Crippen molar-refractivity contribution in [3.05, 3.63) is 36.1 Å². The highest BCUT2D eigenvalue weighted by Crippen LogP contribution is 2.38. The summed E-state index contributed by atoms with van der Waals surface area (Å²) in [6.07, 6.45) is 8.31. The zero-order valence-electron chi connectivity index (χ0n) is 15.8. The first kappa shape index (κ1) is 17.3. The highest BCUT2D eigenvalue weighted by Gasteiger charge is 2.27. The molecule has 5 rings (SSSR count). The van der Waals surface area contributed by atoms with Crippen molar-refractivity contribution in [3.63, 3.8) is 0 Å². The Morgan fingerprint density at radius 3 is 2.82 bits per heavy atom. The molecule has 3 aromatic heterocycles. The number of imidazole rings is 1. The second-order valence-corrected chi connectivity index (χ2v) is 8.40. The quantitative estimate of drug-likeness (QED) is 0.463. The van der Waals surface area contributed by atoms with Crippen LogP contribution in [0.2, 0.25) is 12.6 Å². The monoisotopic (exact) mass is 390 g/mol. The van der Waals surface area contributed by atoms with Crippen LogP contribution in [0.3, 0.4) is 0 Å². The van der Waals surface area contributed by atoms with E-state index in [0.29, 0.717) is 17.6 Å². The van der Waals surface area contributed by atoms with Gasteiger partial charge in [-0.15, -0.1) is 0 Å². The lowest BCUT2D eigenvalue weighted by atomic mass is 9.41. The smallest absolute Gasteiger partial charge is 0.267 e. The van der Waals surface area contributed by atoms with E-state index in [0.717, 1.165) is 57.7 Å². The number of methoxy groups -OCH3 is 1. The van der Waals surface area contributed by atoms with Crippen LogP contribution in [-0.2, 0) is 0 Å². The van der Waals surface area contributed by atoms with Gasteiger partial charge in [-0.3, -0.25) is 4.40 Å². The van der Waals surface area contributed by atoms with Crippen LogP contribution in [0, 0.1) is 18.2 Å². The van der Waals surface area contributed by atoms with Gasteiger partial charge in [0.25, 0.3) is 6.71 Å². The van der Waals surface area contributed by atoms with E-state index in [1.54, 1.807) is 18.4 Å². The molecule has 1 aliphatic rings. The van der Waals surface area contributed by atoms with Gasteiger partial charge < -0.3 is 9.15 Å². The lowest BCUT2D eigenvalue weighted by Gasteiger charge is -2.21. The predicted molar refractivity (Wildman–Crippen MR) is 110 cm³/mol. The minimum Gasteiger partial charge on any atom is -0.494 e. The van der Waals surface area contributed by atoms with Crippen LogP contribution in [0.15, 0.2) is 28.9 Å². The van der Waals surface area contributed by atoms with Gasteiger partial charge in [-0.2, -0.15) is 0 Å². The molecule has 4 aromatic rings. The van der Waals surface area contributed by atoms with E-state index in [1.165, 1.54) is 0 Å². The van der Waals surface area contributed by atoms with Crippen molar-refractivity contribution in [3.8, 4) is 22.2 Å². The van der Waals surface area contributed by atoms with Gasteiger partial charge in [0.15, 0.2) is 22.0 Å². The highest BCUT2D eigenvalue weighted by atomic mass is 32.1. The molecule has 0 spiro atoms. The largest absolute Gasteiger partial charge is 0.494 e. The van der Waals surface area contributed by atoms with Crippen LogP contribution < -0.4 is 4.74 Å². The maximum atomic E-state index is 9.09. The summed E-state index contributed by atoms with van der Waals surface area (Å²) >= 11 is 1.66. The Kier molecular flexibility index (Phi) is 4.13. The molecule has 0 N–H and O–H groups in total. The Hall–Kier alpha value is -2.79. The van der Waals surface area contributed by atoms with E-state index in [1.807, 2.05) is 19.1 Å². The molecule has 6 nitrogen and oxygen atoms in total. The number of ether oxygens (including phenoxy) is 1. The first-order valence-electron chi connectivity index (χ1n) is 9.48. The van der Waals surface area contributed by atoms with E-state index in [4.69, 9.17) is 19.4 Å². The number of aromatic nitrogens is 3. The van der Waals surface area contributed by atoms with Gasteiger partial charge >= 0.3 is 0 Å². The summed E-state index contributed by atoms with van der Waals surface area (Å²) in [5.74, 6) is 4.21. The molecule has 1 fully saturated rings. The van der Waals surface area contributed by atoms with E-state index in [2.05, 4.69) is 27.7 Å². The number of rotatable bonds is 3. The van der Waals surface area contributed by atoms with Crippen LogP contribution in [0.1, 0.15) is 30.3 Å². The first-order valence-corrected chi connectivity index (χ1v) is 10.3. The average Bonchev–Trinajstić information content (AvgIpc) is 3.39. The van der Waals surface area contributed by atoms with Crippen molar-refractivity contribution in [2.24, 2.45) is 0 Å². The fourth-order valence-electron chi connectivity index (χ4n) is 4.07. The second-order valence-electron chi connectivity index (χ2n) is 7.39. The molecule has 140 valence electrons. The van der Waals surface area contributed by atoms with Crippen molar-refractivity contribution < 1.29 is 9.15 Å². The van der Waals surface area contributed by atoms with Crippen LogP contribution in [-0.4, -0.2) is 28.2 Å². The van der Waals surface area contributed by atoms with Gasteiger partial charge in [0, 0.05) is 36.8 Å². The zero-order chi connectivity index (χ0) is 19.3. The molecule has 0 unspecified atom stereocenters. The normalized spacial score (nSPS) is 15.4. The summed E-state index contributed by atoms with van der Waals surface area (Å²) in [5.41, 5.74) is 3.66. The minimum absolute atomic E-state index is 0.219. The van der Waals surface area contributed by atoms with Crippen molar-refractivity contribution in [1.29, 1.82) is 5.26 Å². The highest BCUT2D eigenvalue weighted by molar-refractivity contribution is 7.20. The SMILES string of the molecule is COc1cc(-c2cn3cc(C4CCB(C#N)CC4)nc3s2)cc2oc(C)nc12. The Balaban J connectivity index is 1.47. The number of thiazole rings is 1. The third kappa shape index (κ3) is 2.87. The molecule has 1 aromatic carbocycles. The second kappa shape index (κ2) is 6.68. The molecule has 28 heavy (non-hydrogen) atoms. The number of nitriles is 1. The Morgan fingerprint density at radius 2 is 2.11 bits per heavy atom. The van der Waals surface area contributed by atoms with Crippen molar-refractivity contribution in [2.75, 3.05) is 7.11 Å². The maximum absolute atomic E-state index is 9.09. The average molecular weight is 390 g/mol. The van der Waals surface area contributed by atoms with Crippen LogP contribution in [0.4, 0.5) is 0 Å². The van der Waals surface area contributed by atoms with E-state index >= 15 is 0 Å². The van der Waals surface area contributed by atoms with Gasteiger partial charge in [-0.05, 0) is 12.1 Å². The summed E-state index contributed by atoms with van der Waals surface area (Å²) in [5, 5.41) is 9.09. The molecule has 0 radical (unpaired) electrons. The molecule has 8 heteroatoms. The van der Waals surface area contributed by atoms with Crippen LogP contribution >= 0.6 is 11.3 Å². The van der Waals surface area contributed by atoms with Crippen molar-refractivity contribution in [1.82, 2.24) is 14.4 Å². The molecule has 0 amide bonds. The van der Waals surface area contributed by atoms with E-state index < -0.39 is 0 Å². The number of nitrogens with zero attached hydrogens (tertiary/aromatic N) is 4. The summed E-state index contributed by atoms with van der Waals surface area (Å²) in [6, 6.07) is 4.01. The third-order valence-corrected chi connectivity index (χ3v) is 6.62. The Bertz CT molecular complexity index is 1180. The van der Waals surface area contributed by atoms with Crippen LogP contribution in [0.25, 0.3) is 26.5 Å². The molecule has 4 heterocycles. The standard InChI is InChI=1S/C20H19BN4O2S/c1-12-23-19-16(26-2)7-14(8-17(19)27-12)18-10-25-9-15(24-20(25)28-18)13-3-5-21(11-22)6-4-13/h7-10,13H,3-6H2,1-2H3. The number of benzene rings is 1. The van der Waals surface area contributed by atoms with Gasteiger partial charge in [-0.25, -0.2) is 15.2 Å². The van der Waals surface area contributed by atoms with Gasteiger partial charge in [-0.1, -0.05) is 36.8 Å².